The Labute approximate surface area is 120 Å². The van der Waals surface area contributed by atoms with Gasteiger partial charge in [-0.3, -0.25) is 4.79 Å². The van der Waals surface area contributed by atoms with Crippen molar-refractivity contribution < 1.29 is 17.9 Å². The highest BCUT2D eigenvalue weighted by atomic mass is 32.2. The second-order valence-electron chi connectivity index (χ2n) is 5.52. The molecule has 0 aromatic rings. The Hall–Kier alpha value is -0.660. The predicted octanol–water partition coefficient (Wildman–Crippen LogP) is -0.209. The molecule has 2 saturated heterocycles. The Balaban J connectivity index is 2.04. The molecule has 2 aliphatic heterocycles. The molecular formula is C13H24N2O4S. The Bertz CT molecular complexity index is 432. The number of carbonyl (C=O) groups is 1. The summed E-state index contributed by atoms with van der Waals surface area (Å²) >= 11 is 0. The van der Waals surface area contributed by atoms with E-state index in [9.17, 15) is 13.2 Å². The van der Waals surface area contributed by atoms with Crippen molar-refractivity contribution in [1.29, 1.82) is 0 Å². The van der Waals surface area contributed by atoms with E-state index in [1.54, 1.807) is 4.90 Å². The minimum absolute atomic E-state index is 0.0137. The number of unbranched alkanes of at least 4 members (excludes halogenated alkanes) is 1. The van der Waals surface area contributed by atoms with E-state index in [1.165, 1.54) is 0 Å². The van der Waals surface area contributed by atoms with Gasteiger partial charge < -0.3 is 15.0 Å². The van der Waals surface area contributed by atoms with Gasteiger partial charge in [-0.2, -0.15) is 0 Å². The lowest BCUT2D eigenvalue weighted by Gasteiger charge is -2.33. The van der Waals surface area contributed by atoms with Gasteiger partial charge in [-0.25, -0.2) is 8.42 Å². The topological polar surface area (TPSA) is 75.7 Å². The first-order valence-corrected chi connectivity index (χ1v) is 9.17. The highest BCUT2D eigenvalue weighted by molar-refractivity contribution is 7.91. The van der Waals surface area contributed by atoms with Gasteiger partial charge in [-0.1, -0.05) is 13.3 Å². The van der Waals surface area contributed by atoms with Crippen molar-refractivity contribution in [2.75, 3.05) is 37.8 Å². The number of hydrogen-bond acceptors (Lipinski definition) is 5. The van der Waals surface area contributed by atoms with Crippen LogP contribution in [0.4, 0.5) is 0 Å². The zero-order chi connectivity index (χ0) is 14.6. The summed E-state index contributed by atoms with van der Waals surface area (Å²) in [6.45, 7) is 4.36. The van der Waals surface area contributed by atoms with Crippen LogP contribution in [0.1, 0.15) is 26.2 Å². The SMILES string of the molecule is CCCCN(C(=O)C1COCCN1)C1CCS(=O)(=O)C1. The molecule has 2 aliphatic rings. The number of nitrogens with zero attached hydrogens (tertiary/aromatic N) is 1. The summed E-state index contributed by atoms with van der Waals surface area (Å²) in [4.78, 5) is 14.4. The molecule has 0 saturated carbocycles. The van der Waals surface area contributed by atoms with Crippen LogP contribution in [-0.2, 0) is 19.4 Å². The minimum Gasteiger partial charge on any atom is -0.378 e. The van der Waals surface area contributed by atoms with E-state index in [-0.39, 0.29) is 29.5 Å². The number of carbonyl (C=O) groups excluding carboxylic acids is 1. The van der Waals surface area contributed by atoms with Crippen molar-refractivity contribution >= 4 is 15.7 Å². The largest absolute Gasteiger partial charge is 0.378 e. The second kappa shape index (κ2) is 6.87. The maximum atomic E-state index is 12.6. The zero-order valence-electron chi connectivity index (χ0n) is 12.0. The van der Waals surface area contributed by atoms with Gasteiger partial charge in [-0.15, -0.1) is 0 Å². The van der Waals surface area contributed by atoms with Crippen LogP contribution >= 0.6 is 0 Å². The molecule has 2 unspecified atom stereocenters. The van der Waals surface area contributed by atoms with Gasteiger partial charge >= 0.3 is 0 Å². The van der Waals surface area contributed by atoms with Crippen molar-refractivity contribution in [3.63, 3.8) is 0 Å². The highest BCUT2D eigenvalue weighted by Crippen LogP contribution is 2.19. The first-order valence-electron chi connectivity index (χ1n) is 7.35. The van der Waals surface area contributed by atoms with E-state index >= 15 is 0 Å². The molecule has 0 aromatic carbocycles. The molecule has 116 valence electrons. The maximum Gasteiger partial charge on any atom is 0.242 e. The molecule has 1 amide bonds. The summed E-state index contributed by atoms with van der Waals surface area (Å²) in [7, 11) is -2.98. The molecule has 0 bridgehead atoms. The number of amides is 1. The van der Waals surface area contributed by atoms with Gasteiger partial charge in [0.1, 0.15) is 6.04 Å². The highest BCUT2D eigenvalue weighted by Gasteiger charge is 2.37. The van der Waals surface area contributed by atoms with Crippen molar-refractivity contribution in [2.45, 2.75) is 38.3 Å². The second-order valence-corrected chi connectivity index (χ2v) is 7.75. The smallest absolute Gasteiger partial charge is 0.242 e. The molecule has 1 N–H and O–H groups in total. The van der Waals surface area contributed by atoms with Gasteiger partial charge in [0.05, 0.1) is 24.7 Å². The lowest BCUT2D eigenvalue weighted by molar-refractivity contribution is -0.138. The molecule has 0 aliphatic carbocycles. The Kier molecular flexibility index (Phi) is 5.40. The van der Waals surface area contributed by atoms with E-state index in [1.807, 2.05) is 0 Å². The summed E-state index contributed by atoms with van der Waals surface area (Å²) in [6.07, 6.45) is 2.44. The van der Waals surface area contributed by atoms with Gasteiger partial charge in [-0.05, 0) is 12.8 Å². The quantitative estimate of drug-likeness (QED) is 0.761. The minimum atomic E-state index is -2.98. The summed E-state index contributed by atoms with van der Waals surface area (Å²) < 4.78 is 28.6. The normalized spacial score (nSPS) is 29.2. The van der Waals surface area contributed by atoms with Crippen LogP contribution in [0, 0.1) is 0 Å². The third kappa shape index (κ3) is 3.93. The zero-order valence-corrected chi connectivity index (χ0v) is 12.8. The average molecular weight is 304 g/mol. The van der Waals surface area contributed by atoms with E-state index in [2.05, 4.69) is 12.2 Å². The summed E-state index contributed by atoms with van der Waals surface area (Å²) in [6, 6.07) is -0.494. The van der Waals surface area contributed by atoms with Crippen LogP contribution in [-0.4, -0.2) is 69.1 Å². The third-order valence-corrected chi connectivity index (χ3v) is 5.65. The number of hydrogen-bond donors (Lipinski definition) is 1. The molecule has 20 heavy (non-hydrogen) atoms. The Morgan fingerprint density at radius 1 is 1.45 bits per heavy atom. The fourth-order valence-corrected chi connectivity index (χ4v) is 4.48. The molecule has 0 aromatic heterocycles. The molecule has 2 fully saturated rings. The van der Waals surface area contributed by atoms with Crippen LogP contribution in [0.3, 0.4) is 0 Å². The van der Waals surface area contributed by atoms with Gasteiger partial charge in [0.25, 0.3) is 0 Å². The predicted molar refractivity (Wildman–Crippen MR) is 76.3 cm³/mol. The van der Waals surface area contributed by atoms with Gasteiger partial charge in [0.2, 0.25) is 5.91 Å². The number of sulfone groups is 1. The maximum absolute atomic E-state index is 12.6. The van der Waals surface area contributed by atoms with Crippen LogP contribution in [0.2, 0.25) is 0 Å². The molecule has 0 spiro atoms. The van der Waals surface area contributed by atoms with Gasteiger partial charge in [0.15, 0.2) is 9.84 Å². The Morgan fingerprint density at radius 2 is 2.25 bits per heavy atom. The number of nitrogens with one attached hydrogen (secondary N) is 1. The van der Waals surface area contributed by atoms with Crippen molar-refractivity contribution in [1.82, 2.24) is 10.2 Å². The molecule has 2 rings (SSSR count). The molecule has 6 nitrogen and oxygen atoms in total. The monoisotopic (exact) mass is 304 g/mol. The van der Waals surface area contributed by atoms with Crippen molar-refractivity contribution in [3.8, 4) is 0 Å². The van der Waals surface area contributed by atoms with Crippen LogP contribution in [0.25, 0.3) is 0 Å². The first kappa shape index (κ1) is 15.7. The van der Waals surface area contributed by atoms with Crippen LogP contribution in [0.5, 0.6) is 0 Å². The average Bonchev–Trinajstić information content (AvgIpc) is 2.80. The van der Waals surface area contributed by atoms with Crippen molar-refractivity contribution in [3.05, 3.63) is 0 Å². The number of morpholine rings is 1. The van der Waals surface area contributed by atoms with Gasteiger partial charge in [0, 0.05) is 19.1 Å². The number of ether oxygens (including phenoxy) is 1. The van der Waals surface area contributed by atoms with Crippen LogP contribution < -0.4 is 5.32 Å². The Morgan fingerprint density at radius 3 is 2.80 bits per heavy atom. The molecular weight excluding hydrogens is 280 g/mol. The van der Waals surface area contributed by atoms with Crippen molar-refractivity contribution in [2.24, 2.45) is 0 Å². The molecule has 7 heteroatoms. The van der Waals surface area contributed by atoms with E-state index in [0.29, 0.717) is 32.7 Å². The van der Waals surface area contributed by atoms with Crippen LogP contribution in [0.15, 0.2) is 0 Å². The van der Waals surface area contributed by atoms with E-state index in [4.69, 9.17) is 4.74 Å². The summed E-state index contributed by atoms with van der Waals surface area (Å²) in [5, 5.41) is 3.15. The fourth-order valence-electron chi connectivity index (χ4n) is 2.75. The van der Waals surface area contributed by atoms with E-state index < -0.39 is 9.84 Å². The summed E-state index contributed by atoms with van der Waals surface area (Å²) in [5.74, 6) is 0.290. The summed E-state index contributed by atoms with van der Waals surface area (Å²) in [5.41, 5.74) is 0. The molecule has 2 atom stereocenters. The lowest BCUT2D eigenvalue weighted by Crippen LogP contribution is -2.55. The fraction of sp³-hybridized carbons (Fsp3) is 0.923. The standard InChI is InChI=1S/C13H24N2O4S/c1-2-3-6-15(11-4-8-20(17,18)10-11)13(16)12-9-19-7-5-14-12/h11-12,14H,2-10H2,1H3. The first-order chi connectivity index (χ1) is 9.53. The molecule has 0 radical (unpaired) electrons. The molecule has 2 heterocycles. The van der Waals surface area contributed by atoms with E-state index in [0.717, 1.165) is 12.8 Å². The number of rotatable bonds is 5. The third-order valence-electron chi connectivity index (χ3n) is 3.90. The lowest BCUT2D eigenvalue weighted by atomic mass is 10.1.